The van der Waals surface area contributed by atoms with E-state index in [1.54, 1.807) is 47.4 Å². The van der Waals surface area contributed by atoms with Gasteiger partial charge >= 0.3 is 5.97 Å². The van der Waals surface area contributed by atoms with Gasteiger partial charge in [0.2, 0.25) is 17.7 Å². The van der Waals surface area contributed by atoms with Crippen LogP contribution in [0.25, 0.3) is 28.1 Å². The molecule has 3 aromatic rings. The van der Waals surface area contributed by atoms with E-state index < -0.39 is 46.7 Å². The summed E-state index contributed by atoms with van der Waals surface area (Å²) in [7, 11) is 5.49. The Bertz CT molecular complexity index is 2610. The van der Waals surface area contributed by atoms with Gasteiger partial charge in [0, 0.05) is 87.1 Å². The number of nitrogens with zero attached hydrogens (tertiary/aromatic N) is 6. The smallest absolute Gasteiger partial charge is 0.324 e. The summed E-state index contributed by atoms with van der Waals surface area (Å²) < 4.78 is 14.1. The Labute approximate surface area is 418 Å². The number of methoxy groups -OCH3 is 1. The monoisotopic (exact) mass is 975 g/mol. The number of fused-ring (bicyclic) bond motifs is 6. The molecule has 4 amide bonds. The summed E-state index contributed by atoms with van der Waals surface area (Å²) in [5.41, 5.74) is 7.60. The van der Waals surface area contributed by atoms with Gasteiger partial charge in [0.25, 0.3) is 5.91 Å². The zero-order valence-corrected chi connectivity index (χ0v) is 43.1. The predicted molar refractivity (Wildman–Crippen MR) is 276 cm³/mol. The largest absolute Gasteiger partial charge is 0.508 e. The molecule has 0 unspecified atom stereocenters. The normalized spacial score (nSPS) is 23.1. The van der Waals surface area contributed by atoms with Crippen molar-refractivity contribution in [3.8, 4) is 16.9 Å². The van der Waals surface area contributed by atoms with Gasteiger partial charge in [0.1, 0.15) is 23.9 Å². The summed E-state index contributed by atoms with van der Waals surface area (Å²) in [6.07, 6.45) is 10.8. The van der Waals surface area contributed by atoms with E-state index >= 15 is 0 Å². The highest BCUT2D eigenvalue weighted by atomic mass is 16.5. The van der Waals surface area contributed by atoms with Crippen molar-refractivity contribution in [1.29, 1.82) is 0 Å². The number of aryl methyl sites for hydroxylation is 1. The number of carbonyl (C=O) groups excluding carboxylic acids is 5. The van der Waals surface area contributed by atoms with Crippen LogP contribution < -0.4 is 10.7 Å². The SMILES string of the molecule is C=CC=N/C(=C/c1c2c3cc(ccc3n1CC)-c1cc(O)cc(c1)C[C@H](NC(=O)[C@H](C(C)C)N1CC[C@]3(CCN(C(=O)/C=C/CN(C)C)C3)C1=O)C(=O)N1CCC[C@H](N1)C(=O)OCC(C)(C)C2)[C@H](C)OC. The fourth-order valence-electron chi connectivity index (χ4n) is 10.7. The summed E-state index contributed by atoms with van der Waals surface area (Å²) in [6.45, 7) is 18.4. The minimum atomic E-state index is -1.16. The standard InChI is InChI=1S/C55H74N8O8/c1-11-21-56-44(36(5)70-10)31-47-42-32-54(6,7)34-71-52(68)43-15-13-23-63(58-43)51(67)45(28-37-26-39(29-40(64)27-37)38-17-18-46(41(42)30-38)61(47)12-2)57-50(66)49(35(3)4)62-25-20-55(53(62)69)19-24-60(33-55)48(65)16-14-22-59(8)9/h11,14,16-18,21,26-27,29-31,35-36,43,45,49,58,64H,1,12-13,15,19-20,22-25,28,32-34H2,2-10H3,(H,57,66)/b16-14+,44-31+,56-21?/t36-,43-,45-,49-,55-/m0/s1. The van der Waals surface area contributed by atoms with Crippen molar-refractivity contribution in [2.75, 3.05) is 60.5 Å². The van der Waals surface area contributed by atoms with Crippen LogP contribution in [0.5, 0.6) is 5.75 Å². The Kier molecular flexibility index (Phi) is 16.4. The van der Waals surface area contributed by atoms with E-state index in [9.17, 15) is 29.1 Å². The summed E-state index contributed by atoms with van der Waals surface area (Å²) in [5.74, 6) is -2.08. The molecule has 4 aliphatic heterocycles. The molecule has 16 heteroatoms. The lowest BCUT2D eigenvalue weighted by Gasteiger charge is -2.37. The lowest BCUT2D eigenvalue weighted by Crippen LogP contribution is -2.62. The van der Waals surface area contributed by atoms with Gasteiger partial charge in [-0.3, -0.25) is 34.0 Å². The van der Waals surface area contributed by atoms with Crippen molar-refractivity contribution in [3.63, 3.8) is 0 Å². The van der Waals surface area contributed by atoms with Gasteiger partial charge in [0.05, 0.1) is 23.8 Å². The molecule has 0 aliphatic carbocycles. The average Bonchev–Trinajstić information content (AvgIpc) is 4.00. The Balaban J connectivity index is 1.26. The van der Waals surface area contributed by atoms with Gasteiger partial charge < -0.3 is 39.2 Å². The summed E-state index contributed by atoms with van der Waals surface area (Å²) in [5, 5.41) is 16.8. The Hall–Kier alpha value is -6.10. The van der Waals surface area contributed by atoms with E-state index in [1.807, 2.05) is 58.0 Å². The number of esters is 1. The van der Waals surface area contributed by atoms with Crippen molar-refractivity contribution in [3.05, 3.63) is 83.7 Å². The molecule has 1 aromatic heterocycles. The summed E-state index contributed by atoms with van der Waals surface area (Å²) >= 11 is 0. The zero-order chi connectivity index (χ0) is 51.4. The van der Waals surface area contributed by atoms with Crippen LogP contribution in [0.4, 0.5) is 0 Å². The van der Waals surface area contributed by atoms with Gasteiger partial charge in [-0.2, -0.15) is 0 Å². The minimum Gasteiger partial charge on any atom is -0.508 e. The van der Waals surface area contributed by atoms with Crippen LogP contribution in [0.3, 0.4) is 0 Å². The molecule has 7 rings (SSSR count). The zero-order valence-electron chi connectivity index (χ0n) is 43.1. The molecule has 71 heavy (non-hydrogen) atoms. The van der Waals surface area contributed by atoms with E-state index in [0.29, 0.717) is 75.1 Å². The number of hydrogen-bond donors (Lipinski definition) is 3. The van der Waals surface area contributed by atoms with Crippen molar-refractivity contribution in [2.45, 2.75) is 111 Å². The molecule has 5 atom stereocenters. The van der Waals surface area contributed by atoms with Gasteiger partial charge in [-0.05, 0) is 119 Å². The highest BCUT2D eigenvalue weighted by molar-refractivity contribution is 5.96. The topological polar surface area (TPSA) is 178 Å². The van der Waals surface area contributed by atoms with Gasteiger partial charge in [-0.15, -0.1) is 0 Å². The van der Waals surface area contributed by atoms with Crippen LogP contribution in [0.1, 0.15) is 84.0 Å². The number of likely N-dealkylation sites (tertiary alicyclic amines) is 2. The number of aromatic hydroxyl groups is 1. The fraction of sp³-hybridized carbons (Fsp3) is 0.527. The van der Waals surface area contributed by atoms with Crippen LogP contribution in [-0.2, 0) is 52.8 Å². The Morgan fingerprint density at radius 3 is 2.54 bits per heavy atom. The first kappa shape index (κ1) is 52.7. The number of likely N-dealkylation sites (N-methyl/N-ethyl adjacent to an activating group) is 1. The maximum Gasteiger partial charge on any atom is 0.324 e. The number of amides is 4. The summed E-state index contributed by atoms with van der Waals surface area (Å²) in [6, 6.07) is 8.53. The molecule has 4 aliphatic rings. The van der Waals surface area contributed by atoms with Gasteiger partial charge in [-0.25, -0.2) is 5.43 Å². The number of hydrogen-bond acceptors (Lipinski definition) is 11. The molecule has 3 fully saturated rings. The number of cyclic esters (lactones) is 1. The lowest BCUT2D eigenvalue weighted by molar-refractivity contribution is -0.155. The van der Waals surface area contributed by atoms with E-state index in [-0.39, 0.29) is 55.7 Å². The number of carbonyl (C=O) groups is 5. The maximum atomic E-state index is 14.8. The van der Waals surface area contributed by atoms with Crippen LogP contribution in [0.15, 0.2) is 71.9 Å². The van der Waals surface area contributed by atoms with E-state index in [4.69, 9.17) is 14.5 Å². The predicted octanol–water partition coefficient (Wildman–Crippen LogP) is 5.91. The number of ether oxygens (including phenoxy) is 2. The third-order valence-corrected chi connectivity index (χ3v) is 14.5. The molecule has 1 spiro atoms. The molecular weight excluding hydrogens is 901 g/mol. The molecule has 382 valence electrons. The highest BCUT2D eigenvalue weighted by Crippen LogP contribution is 2.43. The number of allylic oxidation sites excluding steroid dienone is 1. The van der Waals surface area contributed by atoms with Gasteiger partial charge in [0.15, 0.2) is 0 Å². The number of phenols is 1. The molecular formula is C55H74N8O8. The first-order chi connectivity index (χ1) is 33.8. The number of aliphatic imine (C=N–C) groups is 1. The number of phenolic OH excluding ortho intramolecular Hbond substituents is 1. The first-order valence-corrected chi connectivity index (χ1v) is 25.1. The molecule has 0 radical (unpaired) electrons. The Morgan fingerprint density at radius 2 is 1.83 bits per heavy atom. The third-order valence-electron chi connectivity index (χ3n) is 14.5. The molecule has 2 aromatic carbocycles. The van der Waals surface area contributed by atoms with Gasteiger partial charge in [-0.1, -0.05) is 58.6 Å². The van der Waals surface area contributed by atoms with E-state index in [1.165, 1.54) is 5.01 Å². The number of aromatic nitrogens is 1. The second-order valence-electron chi connectivity index (χ2n) is 21.1. The third kappa shape index (κ3) is 11.7. The molecule has 16 nitrogen and oxygen atoms in total. The van der Waals surface area contributed by atoms with E-state index in [0.717, 1.165) is 27.7 Å². The van der Waals surface area contributed by atoms with Crippen molar-refractivity contribution in [2.24, 2.45) is 21.7 Å². The van der Waals surface area contributed by atoms with Crippen molar-refractivity contribution < 1.29 is 38.6 Å². The van der Waals surface area contributed by atoms with Crippen LogP contribution in [-0.4, -0.2) is 150 Å². The molecule has 0 saturated carbocycles. The lowest BCUT2D eigenvalue weighted by atomic mass is 9.85. The van der Waals surface area contributed by atoms with Crippen LogP contribution in [0, 0.1) is 16.7 Å². The minimum absolute atomic E-state index is 0.00506. The molecule has 3 saturated heterocycles. The molecule has 6 bridgehead atoms. The first-order valence-electron chi connectivity index (χ1n) is 25.1. The second-order valence-corrected chi connectivity index (χ2v) is 21.1. The highest BCUT2D eigenvalue weighted by Gasteiger charge is 2.54. The number of nitrogens with one attached hydrogen (secondary N) is 2. The average molecular weight is 975 g/mol. The number of hydrazine groups is 1. The Morgan fingerprint density at radius 1 is 1.07 bits per heavy atom. The maximum absolute atomic E-state index is 14.8. The molecule has 3 N–H and O–H groups in total. The van der Waals surface area contributed by atoms with Crippen molar-refractivity contribution >= 4 is 52.8 Å². The van der Waals surface area contributed by atoms with E-state index in [2.05, 4.69) is 60.9 Å². The summed E-state index contributed by atoms with van der Waals surface area (Å²) in [4.78, 5) is 81.2. The molecule has 5 heterocycles. The van der Waals surface area contributed by atoms with Crippen LogP contribution >= 0.6 is 0 Å². The fourth-order valence-corrected chi connectivity index (χ4v) is 10.7. The quantitative estimate of drug-likeness (QED) is 0.106. The van der Waals surface area contributed by atoms with Crippen molar-refractivity contribution in [1.82, 2.24) is 35.0 Å². The second kappa shape index (κ2) is 22.1. The number of benzene rings is 2. The number of rotatable bonds is 13. The van der Waals surface area contributed by atoms with Crippen LogP contribution in [0.2, 0.25) is 0 Å².